The third-order valence-electron chi connectivity index (χ3n) is 5.24. The molecule has 1 aromatic rings. The Kier molecular flexibility index (Phi) is 7.80. The molecular weight excluding hydrogens is 344 g/mol. The van der Waals surface area contributed by atoms with Gasteiger partial charge < -0.3 is 15.1 Å². The SMILES string of the molecule is CN(CCN1CCN(C(=O)CC2CSCCN2)CC1)Cc1ccccc1. The molecule has 1 atom stereocenters. The zero-order valence-electron chi connectivity index (χ0n) is 15.9. The van der Waals surface area contributed by atoms with E-state index in [1.165, 1.54) is 11.3 Å². The van der Waals surface area contributed by atoms with Gasteiger partial charge in [0.05, 0.1) is 0 Å². The summed E-state index contributed by atoms with van der Waals surface area (Å²) >= 11 is 1.96. The van der Waals surface area contributed by atoms with Gasteiger partial charge in [0.1, 0.15) is 0 Å². The molecular formula is C20H32N4OS. The number of likely N-dealkylation sites (N-methyl/N-ethyl adjacent to an activating group) is 1. The van der Waals surface area contributed by atoms with E-state index < -0.39 is 0 Å². The Morgan fingerprint density at radius 2 is 2.00 bits per heavy atom. The van der Waals surface area contributed by atoms with Gasteiger partial charge in [0, 0.05) is 76.3 Å². The summed E-state index contributed by atoms with van der Waals surface area (Å²) in [6.07, 6.45) is 0.660. The highest BCUT2D eigenvalue weighted by atomic mass is 32.2. The first kappa shape index (κ1) is 19.7. The van der Waals surface area contributed by atoms with Crippen molar-refractivity contribution >= 4 is 17.7 Å². The largest absolute Gasteiger partial charge is 0.340 e. The average Bonchev–Trinajstić information content (AvgIpc) is 2.68. The summed E-state index contributed by atoms with van der Waals surface area (Å²) in [4.78, 5) is 19.4. The van der Waals surface area contributed by atoms with Crippen molar-refractivity contribution in [3.63, 3.8) is 0 Å². The number of hydrogen-bond donors (Lipinski definition) is 1. The number of benzene rings is 1. The van der Waals surface area contributed by atoms with Gasteiger partial charge in [-0.1, -0.05) is 30.3 Å². The molecule has 2 saturated heterocycles. The van der Waals surface area contributed by atoms with E-state index in [4.69, 9.17) is 0 Å². The van der Waals surface area contributed by atoms with Crippen molar-refractivity contribution in [1.82, 2.24) is 20.0 Å². The average molecular weight is 377 g/mol. The van der Waals surface area contributed by atoms with Crippen LogP contribution in [0.4, 0.5) is 0 Å². The lowest BCUT2D eigenvalue weighted by Gasteiger charge is -2.36. The van der Waals surface area contributed by atoms with Crippen LogP contribution in [-0.4, -0.2) is 91.0 Å². The summed E-state index contributed by atoms with van der Waals surface area (Å²) < 4.78 is 0. The van der Waals surface area contributed by atoms with E-state index >= 15 is 0 Å². The number of carbonyl (C=O) groups excluding carboxylic acids is 1. The lowest BCUT2D eigenvalue weighted by Crippen LogP contribution is -2.51. The molecule has 144 valence electrons. The second kappa shape index (κ2) is 10.3. The standard InChI is InChI=1S/C20H32N4OS/c1-22(16-18-5-3-2-4-6-18)8-9-23-10-12-24(13-11-23)20(25)15-19-17-26-14-7-21-19/h2-6,19,21H,7-17H2,1H3. The fourth-order valence-electron chi connectivity index (χ4n) is 3.60. The molecule has 3 rings (SSSR count). The van der Waals surface area contributed by atoms with Crippen LogP contribution in [0.1, 0.15) is 12.0 Å². The monoisotopic (exact) mass is 376 g/mol. The van der Waals surface area contributed by atoms with Crippen LogP contribution in [-0.2, 0) is 11.3 Å². The number of carbonyl (C=O) groups is 1. The summed E-state index contributed by atoms with van der Waals surface area (Å²) in [6.45, 7) is 7.91. The first-order valence-corrected chi connectivity index (χ1v) is 10.9. The van der Waals surface area contributed by atoms with E-state index in [1.807, 2.05) is 11.8 Å². The molecule has 1 N–H and O–H groups in total. The molecule has 0 radical (unpaired) electrons. The third kappa shape index (κ3) is 6.27. The lowest BCUT2D eigenvalue weighted by atomic mass is 10.2. The Labute approximate surface area is 162 Å². The Balaban J connectivity index is 1.32. The molecule has 0 saturated carbocycles. The zero-order chi connectivity index (χ0) is 18.2. The van der Waals surface area contributed by atoms with E-state index in [9.17, 15) is 4.79 Å². The lowest BCUT2D eigenvalue weighted by molar-refractivity contribution is -0.133. The van der Waals surface area contributed by atoms with Crippen LogP contribution in [0.2, 0.25) is 0 Å². The van der Waals surface area contributed by atoms with Crippen molar-refractivity contribution in [2.75, 3.05) is 64.4 Å². The minimum absolute atomic E-state index is 0.325. The molecule has 0 bridgehead atoms. The van der Waals surface area contributed by atoms with E-state index in [0.717, 1.165) is 58.1 Å². The number of hydrogen-bond acceptors (Lipinski definition) is 5. The number of thioether (sulfide) groups is 1. The molecule has 0 aliphatic carbocycles. The van der Waals surface area contributed by atoms with Gasteiger partial charge in [0.25, 0.3) is 0 Å². The second-order valence-electron chi connectivity index (χ2n) is 7.38. The fraction of sp³-hybridized carbons (Fsp3) is 0.650. The van der Waals surface area contributed by atoms with Gasteiger partial charge in [-0.2, -0.15) is 11.8 Å². The Morgan fingerprint density at radius 1 is 1.23 bits per heavy atom. The predicted octanol–water partition coefficient (Wildman–Crippen LogP) is 1.36. The second-order valence-corrected chi connectivity index (χ2v) is 8.53. The van der Waals surface area contributed by atoms with Crippen molar-refractivity contribution in [3.05, 3.63) is 35.9 Å². The van der Waals surface area contributed by atoms with Crippen LogP contribution in [0.3, 0.4) is 0 Å². The van der Waals surface area contributed by atoms with Crippen LogP contribution in [0.5, 0.6) is 0 Å². The Bertz CT molecular complexity index is 542. The number of rotatable bonds is 7. The Hall–Kier alpha value is -1.08. The van der Waals surface area contributed by atoms with Crippen molar-refractivity contribution in [2.24, 2.45) is 0 Å². The van der Waals surface area contributed by atoms with Crippen molar-refractivity contribution in [2.45, 2.75) is 19.0 Å². The van der Waals surface area contributed by atoms with Crippen LogP contribution in [0.25, 0.3) is 0 Å². The first-order valence-electron chi connectivity index (χ1n) is 9.74. The number of nitrogens with one attached hydrogen (secondary N) is 1. The van der Waals surface area contributed by atoms with Crippen LogP contribution in [0.15, 0.2) is 30.3 Å². The summed E-state index contributed by atoms with van der Waals surface area (Å²) in [5.74, 6) is 2.56. The summed E-state index contributed by atoms with van der Waals surface area (Å²) in [6, 6.07) is 11.0. The van der Waals surface area contributed by atoms with Gasteiger partial charge in [-0.15, -0.1) is 0 Å². The Morgan fingerprint density at radius 3 is 2.69 bits per heavy atom. The van der Waals surface area contributed by atoms with Gasteiger partial charge in [-0.25, -0.2) is 0 Å². The molecule has 1 aromatic carbocycles. The maximum atomic E-state index is 12.5. The van der Waals surface area contributed by atoms with E-state index in [1.54, 1.807) is 0 Å². The van der Waals surface area contributed by atoms with Gasteiger partial charge in [-0.05, 0) is 12.6 Å². The van der Waals surface area contributed by atoms with Crippen molar-refractivity contribution in [1.29, 1.82) is 0 Å². The number of amides is 1. The molecule has 1 unspecified atom stereocenters. The number of piperazine rings is 1. The maximum Gasteiger partial charge on any atom is 0.224 e. The van der Waals surface area contributed by atoms with Gasteiger partial charge in [0.15, 0.2) is 0 Å². The van der Waals surface area contributed by atoms with Crippen LogP contribution < -0.4 is 5.32 Å². The normalized spacial score (nSPS) is 21.9. The number of nitrogens with zero attached hydrogens (tertiary/aromatic N) is 3. The smallest absolute Gasteiger partial charge is 0.224 e. The minimum atomic E-state index is 0.325. The molecule has 26 heavy (non-hydrogen) atoms. The van der Waals surface area contributed by atoms with Gasteiger partial charge in [-0.3, -0.25) is 9.69 Å². The van der Waals surface area contributed by atoms with Crippen LogP contribution in [0, 0.1) is 0 Å². The zero-order valence-corrected chi connectivity index (χ0v) is 16.7. The molecule has 0 spiro atoms. The summed E-state index contributed by atoms with van der Waals surface area (Å²) in [5.41, 5.74) is 1.36. The van der Waals surface area contributed by atoms with Crippen LogP contribution >= 0.6 is 11.8 Å². The molecule has 2 fully saturated rings. The molecule has 2 aliphatic heterocycles. The van der Waals surface area contributed by atoms with E-state index in [2.05, 4.69) is 57.4 Å². The minimum Gasteiger partial charge on any atom is -0.340 e. The summed E-state index contributed by atoms with van der Waals surface area (Å²) in [7, 11) is 2.18. The highest BCUT2D eigenvalue weighted by Crippen LogP contribution is 2.13. The topological polar surface area (TPSA) is 38.8 Å². The molecule has 0 aromatic heterocycles. The first-order chi connectivity index (χ1) is 12.7. The maximum absolute atomic E-state index is 12.5. The van der Waals surface area contributed by atoms with Gasteiger partial charge in [0.2, 0.25) is 5.91 Å². The molecule has 2 heterocycles. The highest BCUT2D eigenvalue weighted by molar-refractivity contribution is 7.99. The quantitative estimate of drug-likeness (QED) is 0.778. The summed E-state index contributed by atoms with van der Waals surface area (Å²) in [5, 5.41) is 3.47. The van der Waals surface area contributed by atoms with E-state index in [0.29, 0.717) is 18.4 Å². The fourth-order valence-corrected chi connectivity index (χ4v) is 4.55. The molecule has 1 amide bonds. The van der Waals surface area contributed by atoms with Gasteiger partial charge >= 0.3 is 0 Å². The molecule has 5 nitrogen and oxygen atoms in total. The molecule has 2 aliphatic rings. The predicted molar refractivity (Wildman–Crippen MR) is 110 cm³/mol. The van der Waals surface area contributed by atoms with E-state index in [-0.39, 0.29) is 0 Å². The highest BCUT2D eigenvalue weighted by Gasteiger charge is 2.24. The third-order valence-corrected chi connectivity index (χ3v) is 6.37. The van der Waals surface area contributed by atoms with Crippen molar-refractivity contribution in [3.8, 4) is 0 Å². The molecule has 6 heteroatoms. The van der Waals surface area contributed by atoms with Crippen molar-refractivity contribution < 1.29 is 4.79 Å².